The molecule has 76 valence electrons. The fourth-order valence-corrected chi connectivity index (χ4v) is 1.32. The van der Waals surface area contributed by atoms with Crippen molar-refractivity contribution in [3.8, 4) is 0 Å². The standard InChI is InChI=1S/C10H15N3O/c1-6-7(5-14)8(10(2,3)4)13-9(11)12-6/h5H,1-4H3,(H2,11,12,13). The molecular formula is C10H15N3O. The van der Waals surface area contributed by atoms with Gasteiger partial charge in [-0.25, -0.2) is 9.97 Å². The quantitative estimate of drug-likeness (QED) is 0.686. The molecule has 1 heterocycles. The summed E-state index contributed by atoms with van der Waals surface area (Å²) in [6.07, 6.45) is 0.787. The normalized spacial score (nSPS) is 11.4. The number of nitrogens with zero attached hydrogens (tertiary/aromatic N) is 2. The highest BCUT2D eigenvalue weighted by Crippen LogP contribution is 2.24. The van der Waals surface area contributed by atoms with Crippen LogP contribution in [0.25, 0.3) is 0 Å². The van der Waals surface area contributed by atoms with E-state index in [0.29, 0.717) is 17.0 Å². The van der Waals surface area contributed by atoms with Crippen LogP contribution < -0.4 is 5.73 Å². The van der Waals surface area contributed by atoms with E-state index in [0.717, 1.165) is 6.29 Å². The summed E-state index contributed by atoms with van der Waals surface area (Å²) >= 11 is 0. The molecule has 0 atom stereocenters. The van der Waals surface area contributed by atoms with Crippen LogP contribution in [0.5, 0.6) is 0 Å². The minimum Gasteiger partial charge on any atom is -0.368 e. The third kappa shape index (κ3) is 1.89. The fraction of sp³-hybridized carbons (Fsp3) is 0.500. The molecule has 0 aromatic carbocycles. The van der Waals surface area contributed by atoms with Gasteiger partial charge in [-0.2, -0.15) is 0 Å². The molecule has 4 heteroatoms. The summed E-state index contributed by atoms with van der Waals surface area (Å²) in [5, 5.41) is 0. The molecule has 4 nitrogen and oxygen atoms in total. The molecule has 0 spiro atoms. The van der Waals surface area contributed by atoms with Crippen molar-refractivity contribution in [2.24, 2.45) is 0 Å². The molecule has 0 saturated carbocycles. The monoisotopic (exact) mass is 193 g/mol. The van der Waals surface area contributed by atoms with Gasteiger partial charge >= 0.3 is 0 Å². The van der Waals surface area contributed by atoms with Gasteiger partial charge in [0.2, 0.25) is 5.95 Å². The lowest BCUT2D eigenvalue weighted by Crippen LogP contribution is -2.19. The van der Waals surface area contributed by atoms with Gasteiger partial charge in [0, 0.05) is 5.41 Å². The maximum Gasteiger partial charge on any atom is 0.220 e. The summed E-state index contributed by atoms with van der Waals surface area (Å²) < 4.78 is 0. The molecule has 0 unspecified atom stereocenters. The minimum absolute atomic E-state index is 0.196. The van der Waals surface area contributed by atoms with E-state index >= 15 is 0 Å². The summed E-state index contributed by atoms with van der Waals surface area (Å²) in [5.41, 5.74) is 7.24. The number of carbonyl (C=O) groups excluding carboxylic acids is 1. The lowest BCUT2D eigenvalue weighted by atomic mass is 9.88. The van der Waals surface area contributed by atoms with Crippen molar-refractivity contribution in [2.75, 3.05) is 5.73 Å². The number of rotatable bonds is 1. The maximum absolute atomic E-state index is 10.9. The predicted octanol–water partition coefficient (Wildman–Crippen LogP) is 1.48. The first kappa shape index (κ1) is 10.6. The first-order valence-corrected chi connectivity index (χ1v) is 4.46. The Bertz CT molecular complexity index is 366. The molecule has 0 radical (unpaired) electrons. The second-order valence-corrected chi connectivity index (χ2v) is 4.30. The number of hydrogen-bond donors (Lipinski definition) is 1. The zero-order valence-corrected chi connectivity index (χ0v) is 8.96. The highest BCUT2D eigenvalue weighted by molar-refractivity contribution is 5.78. The highest BCUT2D eigenvalue weighted by Gasteiger charge is 2.22. The van der Waals surface area contributed by atoms with Crippen LogP contribution in [0, 0.1) is 6.92 Å². The predicted molar refractivity (Wildman–Crippen MR) is 55.3 cm³/mol. The van der Waals surface area contributed by atoms with Crippen molar-refractivity contribution in [1.29, 1.82) is 0 Å². The van der Waals surface area contributed by atoms with Gasteiger partial charge in [-0.15, -0.1) is 0 Å². The van der Waals surface area contributed by atoms with Gasteiger partial charge in [-0.05, 0) is 6.92 Å². The summed E-state index contributed by atoms with van der Waals surface area (Å²) in [6, 6.07) is 0. The van der Waals surface area contributed by atoms with Gasteiger partial charge in [0.05, 0.1) is 17.0 Å². The molecule has 2 N–H and O–H groups in total. The van der Waals surface area contributed by atoms with Crippen molar-refractivity contribution >= 4 is 12.2 Å². The van der Waals surface area contributed by atoms with E-state index < -0.39 is 0 Å². The molecular weight excluding hydrogens is 178 g/mol. The fourth-order valence-electron chi connectivity index (χ4n) is 1.32. The third-order valence-electron chi connectivity index (χ3n) is 1.98. The molecule has 0 saturated heterocycles. The van der Waals surface area contributed by atoms with Gasteiger partial charge in [0.15, 0.2) is 6.29 Å². The van der Waals surface area contributed by atoms with Crippen molar-refractivity contribution in [2.45, 2.75) is 33.1 Å². The second kappa shape index (κ2) is 3.36. The van der Waals surface area contributed by atoms with E-state index in [1.165, 1.54) is 0 Å². The van der Waals surface area contributed by atoms with Gasteiger partial charge in [-0.1, -0.05) is 20.8 Å². The Balaban J connectivity index is 3.48. The zero-order valence-electron chi connectivity index (χ0n) is 8.96. The van der Waals surface area contributed by atoms with Crippen molar-refractivity contribution in [1.82, 2.24) is 9.97 Å². The maximum atomic E-state index is 10.9. The topological polar surface area (TPSA) is 68.9 Å². The first-order chi connectivity index (χ1) is 6.36. The van der Waals surface area contributed by atoms with Crippen molar-refractivity contribution in [3.63, 3.8) is 0 Å². The van der Waals surface area contributed by atoms with Gasteiger partial charge < -0.3 is 5.73 Å². The molecule has 0 fully saturated rings. The van der Waals surface area contributed by atoms with Gasteiger partial charge in [0.25, 0.3) is 0 Å². The Kier molecular flexibility index (Phi) is 2.55. The number of nitrogen functional groups attached to an aromatic ring is 1. The summed E-state index contributed by atoms with van der Waals surface area (Å²) in [6.45, 7) is 7.72. The van der Waals surface area contributed by atoms with Crippen LogP contribution in [0.1, 0.15) is 42.5 Å². The highest BCUT2D eigenvalue weighted by atomic mass is 16.1. The molecule has 0 aliphatic carbocycles. The number of nitrogens with two attached hydrogens (primary N) is 1. The van der Waals surface area contributed by atoms with E-state index in [2.05, 4.69) is 9.97 Å². The second-order valence-electron chi connectivity index (χ2n) is 4.30. The lowest BCUT2D eigenvalue weighted by molar-refractivity contribution is 0.112. The third-order valence-corrected chi connectivity index (χ3v) is 1.98. The molecule has 0 amide bonds. The van der Waals surface area contributed by atoms with Gasteiger partial charge in [-0.3, -0.25) is 4.79 Å². The Labute approximate surface area is 83.6 Å². The number of aryl methyl sites for hydroxylation is 1. The smallest absolute Gasteiger partial charge is 0.220 e. The molecule has 0 bridgehead atoms. The van der Waals surface area contributed by atoms with Gasteiger partial charge in [0.1, 0.15) is 0 Å². The Morgan fingerprint density at radius 1 is 1.29 bits per heavy atom. The minimum atomic E-state index is -0.196. The van der Waals surface area contributed by atoms with Crippen LogP contribution in [-0.2, 0) is 5.41 Å². The number of anilines is 1. The van der Waals surface area contributed by atoms with E-state index in [1.54, 1.807) is 6.92 Å². The molecule has 0 aliphatic rings. The summed E-state index contributed by atoms with van der Waals surface area (Å²) in [5.74, 6) is 0.220. The average molecular weight is 193 g/mol. The number of carbonyl (C=O) groups is 1. The van der Waals surface area contributed by atoms with Crippen molar-refractivity contribution in [3.05, 3.63) is 17.0 Å². The summed E-state index contributed by atoms with van der Waals surface area (Å²) in [7, 11) is 0. The molecule has 1 aromatic heterocycles. The Morgan fingerprint density at radius 3 is 2.29 bits per heavy atom. The van der Waals surface area contributed by atoms with E-state index in [1.807, 2.05) is 20.8 Å². The van der Waals surface area contributed by atoms with Crippen LogP contribution in [0.2, 0.25) is 0 Å². The molecule has 1 rings (SSSR count). The van der Waals surface area contributed by atoms with Crippen LogP contribution >= 0.6 is 0 Å². The number of aldehydes is 1. The van der Waals surface area contributed by atoms with E-state index in [4.69, 9.17) is 5.73 Å². The van der Waals surface area contributed by atoms with Crippen molar-refractivity contribution < 1.29 is 4.79 Å². The van der Waals surface area contributed by atoms with E-state index in [-0.39, 0.29) is 11.4 Å². The molecule has 0 aliphatic heterocycles. The average Bonchev–Trinajstić information content (AvgIpc) is 2.01. The lowest BCUT2D eigenvalue weighted by Gasteiger charge is -2.20. The molecule has 14 heavy (non-hydrogen) atoms. The zero-order chi connectivity index (χ0) is 10.9. The first-order valence-electron chi connectivity index (χ1n) is 4.46. The molecule has 1 aromatic rings. The van der Waals surface area contributed by atoms with Crippen LogP contribution in [0.3, 0.4) is 0 Å². The van der Waals surface area contributed by atoms with Crippen LogP contribution in [-0.4, -0.2) is 16.3 Å². The SMILES string of the molecule is Cc1nc(N)nc(C(C)(C)C)c1C=O. The summed E-state index contributed by atoms with van der Waals surface area (Å²) in [4.78, 5) is 19.0. The van der Waals surface area contributed by atoms with Crippen LogP contribution in [0.4, 0.5) is 5.95 Å². The number of hydrogen-bond acceptors (Lipinski definition) is 4. The Morgan fingerprint density at radius 2 is 1.86 bits per heavy atom. The number of aromatic nitrogens is 2. The van der Waals surface area contributed by atoms with E-state index in [9.17, 15) is 4.79 Å². The largest absolute Gasteiger partial charge is 0.368 e. The Hall–Kier alpha value is -1.45. The van der Waals surface area contributed by atoms with Crippen LogP contribution in [0.15, 0.2) is 0 Å².